The lowest BCUT2D eigenvalue weighted by molar-refractivity contribution is -0.122. The van der Waals surface area contributed by atoms with Crippen LogP contribution in [0.15, 0.2) is 48.5 Å². The summed E-state index contributed by atoms with van der Waals surface area (Å²) in [5.74, 6) is 0.930. The molecule has 0 atom stereocenters. The average molecular weight is 388 g/mol. The number of nitrogens with one attached hydrogen (secondary N) is 1. The van der Waals surface area contributed by atoms with E-state index in [1.165, 1.54) is 5.56 Å². The van der Waals surface area contributed by atoms with Crippen molar-refractivity contribution in [2.24, 2.45) is 0 Å². The first-order valence-corrected chi connectivity index (χ1v) is 9.64. The number of halogens is 1. The number of nitrogens with zero attached hydrogens (tertiary/aromatic N) is 2. The minimum Gasteiger partial charge on any atom is -0.497 e. The second-order valence-electron chi connectivity index (χ2n) is 6.69. The zero-order valence-corrected chi connectivity index (χ0v) is 16.4. The molecule has 0 spiro atoms. The van der Waals surface area contributed by atoms with Gasteiger partial charge in [-0.1, -0.05) is 29.8 Å². The van der Waals surface area contributed by atoms with Crippen molar-refractivity contribution in [1.82, 2.24) is 10.2 Å². The molecular weight excluding hydrogens is 362 g/mol. The summed E-state index contributed by atoms with van der Waals surface area (Å²) in [6.07, 6.45) is 0.818. The molecule has 144 valence electrons. The number of amides is 1. The lowest BCUT2D eigenvalue weighted by Gasteiger charge is -2.35. The summed E-state index contributed by atoms with van der Waals surface area (Å²) in [6, 6.07) is 15.9. The van der Waals surface area contributed by atoms with Crippen molar-refractivity contribution in [2.75, 3.05) is 51.3 Å². The molecule has 5 nitrogen and oxygen atoms in total. The molecule has 1 N–H and O–H groups in total. The number of rotatable bonds is 7. The summed E-state index contributed by atoms with van der Waals surface area (Å²) in [5.41, 5.74) is 2.33. The third-order valence-electron chi connectivity index (χ3n) is 4.81. The Balaban J connectivity index is 1.36. The average Bonchev–Trinajstić information content (AvgIpc) is 2.69. The molecule has 0 unspecified atom stereocenters. The van der Waals surface area contributed by atoms with Crippen LogP contribution in [-0.4, -0.2) is 57.2 Å². The van der Waals surface area contributed by atoms with Crippen LogP contribution in [0.5, 0.6) is 5.75 Å². The fourth-order valence-electron chi connectivity index (χ4n) is 3.23. The van der Waals surface area contributed by atoms with E-state index in [0.29, 0.717) is 13.1 Å². The molecule has 0 saturated carbocycles. The molecular formula is C21H26ClN3O2. The largest absolute Gasteiger partial charge is 0.497 e. The highest BCUT2D eigenvalue weighted by atomic mass is 35.5. The summed E-state index contributed by atoms with van der Waals surface area (Å²) in [6.45, 7) is 4.65. The number of carbonyl (C=O) groups is 1. The Hall–Kier alpha value is -2.24. The van der Waals surface area contributed by atoms with Crippen LogP contribution < -0.4 is 15.0 Å². The summed E-state index contributed by atoms with van der Waals surface area (Å²) in [5, 5.41) is 3.77. The predicted molar refractivity (Wildman–Crippen MR) is 110 cm³/mol. The highest BCUT2D eigenvalue weighted by Crippen LogP contribution is 2.20. The van der Waals surface area contributed by atoms with E-state index in [2.05, 4.69) is 21.2 Å². The van der Waals surface area contributed by atoms with Gasteiger partial charge in [0, 0.05) is 43.4 Å². The molecule has 1 aliphatic heterocycles. The van der Waals surface area contributed by atoms with Crippen molar-refractivity contribution < 1.29 is 9.53 Å². The van der Waals surface area contributed by atoms with Crippen LogP contribution in [0.25, 0.3) is 0 Å². The van der Waals surface area contributed by atoms with E-state index >= 15 is 0 Å². The summed E-state index contributed by atoms with van der Waals surface area (Å²) in [4.78, 5) is 16.7. The molecule has 0 radical (unpaired) electrons. The van der Waals surface area contributed by atoms with Gasteiger partial charge in [-0.15, -0.1) is 0 Å². The molecule has 1 fully saturated rings. The fraction of sp³-hybridized carbons (Fsp3) is 0.381. The number of hydrogen-bond donors (Lipinski definition) is 1. The molecule has 0 bridgehead atoms. The fourth-order valence-corrected chi connectivity index (χ4v) is 3.42. The first-order chi connectivity index (χ1) is 13.1. The minimum atomic E-state index is 0.0831. The van der Waals surface area contributed by atoms with Crippen LogP contribution in [0.1, 0.15) is 5.56 Å². The quantitative estimate of drug-likeness (QED) is 0.793. The first-order valence-electron chi connectivity index (χ1n) is 9.26. The first kappa shape index (κ1) is 19.5. The number of benzene rings is 2. The second kappa shape index (κ2) is 9.62. The van der Waals surface area contributed by atoms with Crippen molar-refractivity contribution in [1.29, 1.82) is 0 Å². The summed E-state index contributed by atoms with van der Waals surface area (Å²) in [7, 11) is 1.66. The zero-order chi connectivity index (χ0) is 19.1. The smallest absolute Gasteiger partial charge is 0.234 e. The third kappa shape index (κ3) is 5.88. The normalized spacial score (nSPS) is 14.8. The zero-order valence-electron chi connectivity index (χ0n) is 15.7. The Labute approximate surface area is 165 Å². The predicted octanol–water partition coefficient (Wildman–Crippen LogP) is 2.83. The van der Waals surface area contributed by atoms with Gasteiger partial charge < -0.3 is 15.0 Å². The number of ether oxygens (including phenoxy) is 1. The van der Waals surface area contributed by atoms with Crippen LogP contribution in [0, 0.1) is 0 Å². The van der Waals surface area contributed by atoms with Gasteiger partial charge in [0.2, 0.25) is 5.91 Å². The second-order valence-corrected chi connectivity index (χ2v) is 7.13. The van der Waals surface area contributed by atoms with Gasteiger partial charge in [-0.2, -0.15) is 0 Å². The molecule has 0 aliphatic carbocycles. The molecule has 1 amide bonds. The number of hydrogen-bond acceptors (Lipinski definition) is 4. The number of methoxy groups -OCH3 is 1. The Kier molecular flexibility index (Phi) is 6.96. The van der Waals surface area contributed by atoms with E-state index in [1.54, 1.807) is 7.11 Å². The Morgan fingerprint density at radius 3 is 2.52 bits per heavy atom. The van der Waals surface area contributed by atoms with Gasteiger partial charge >= 0.3 is 0 Å². The molecule has 3 rings (SSSR count). The van der Waals surface area contributed by atoms with Gasteiger partial charge in [0.1, 0.15) is 5.75 Å². The Morgan fingerprint density at radius 2 is 1.85 bits per heavy atom. The van der Waals surface area contributed by atoms with Crippen molar-refractivity contribution in [3.05, 3.63) is 59.1 Å². The van der Waals surface area contributed by atoms with Crippen molar-refractivity contribution in [2.45, 2.75) is 6.42 Å². The third-order valence-corrected chi connectivity index (χ3v) is 5.04. The van der Waals surface area contributed by atoms with Gasteiger partial charge in [0.25, 0.3) is 0 Å². The Bertz CT molecular complexity index is 743. The van der Waals surface area contributed by atoms with Crippen molar-refractivity contribution in [3.8, 4) is 5.75 Å². The summed E-state index contributed by atoms with van der Waals surface area (Å²) >= 11 is 6.07. The summed E-state index contributed by atoms with van der Waals surface area (Å²) < 4.78 is 5.15. The minimum absolute atomic E-state index is 0.0831. The van der Waals surface area contributed by atoms with Gasteiger partial charge in [-0.3, -0.25) is 9.69 Å². The standard InChI is InChI=1S/C21H26ClN3O2/c1-27-20-7-5-17(6-8-20)9-10-23-21(26)16-24-11-13-25(14-12-24)19-4-2-3-18(22)15-19/h2-8,15H,9-14,16H2,1H3,(H,23,26). The highest BCUT2D eigenvalue weighted by Gasteiger charge is 2.19. The monoisotopic (exact) mass is 387 g/mol. The van der Waals surface area contributed by atoms with Gasteiger partial charge in [-0.05, 0) is 42.3 Å². The van der Waals surface area contributed by atoms with E-state index in [-0.39, 0.29) is 5.91 Å². The van der Waals surface area contributed by atoms with Gasteiger partial charge in [0.05, 0.1) is 13.7 Å². The maximum atomic E-state index is 12.2. The van der Waals surface area contributed by atoms with E-state index in [1.807, 2.05) is 42.5 Å². The van der Waals surface area contributed by atoms with Crippen molar-refractivity contribution in [3.63, 3.8) is 0 Å². The van der Waals surface area contributed by atoms with Gasteiger partial charge in [-0.25, -0.2) is 0 Å². The molecule has 27 heavy (non-hydrogen) atoms. The highest BCUT2D eigenvalue weighted by molar-refractivity contribution is 6.30. The molecule has 2 aromatic rings. The number of anilines is 1. The lowest BCUT2D eigenvalue weighted by Crippen LogP contribution is -2.49. The van der Waals surface area contributed by atoms with Gasteiger partial charge in [0.15, 0.2) is 0 Å². The maximum absolute atomic E-state index is 12.2. The SMILES string of the molecule is COc1ccc(CCNC(=O)CN2CCN(c3cccc(Cl)c3)CC2)cc1. The van der Waals surface area contributed by atoms with Crippen LogP contribution >= 0.6 is 11.6 Å². The molecule has 1 aliphatic rings. The molecule has 0 aromatic heterocycles. The topological polar surface area (TPSA) is 44.8 Å². The van der Waals surface area contributed by atoms with Crippen LogP contribution in [0.2, 0.25) is 5.02 Å². The van der Waals surface area contributed by atoms with E-state index < -0.39 is 0 Å². The molecule has 1 saturated heterocycles. The maximum Gasteiger partial charge on any atom is 0.234 e. The van der Waals surface area contributed by atoms with E-state index in [9.17, 15) is 4.79 Å². The Morgan fingerprint density at radius 1 is 1.11 bits per heavy atom. The molecule has 6 heteroatoms. The molecule has 2 aromatic carbocycles. The number of carbonyl (C=O) groups excluding carboxylic acids is 1. The number of piperazine rings is 1. The molecule has 1 heterocycles. The lowest BCUT2D eigenvalue weighted by atomic mass is 10.1. The van der Waals surface area contributed by atoms with E-state index in [0.717, 1.165) is 49.1 Å². The van der Waals surface area contributed by atoms with Crippen LogP contribution in [0.3, 0.4) is 0 Å². The van der Waals surface area contributed by atoms with Crippen LogP contribution in [-0.2, 0) is 11.2 Å². The van der Waals surface area contributed by atoms with Crippen molar-refractivity contribution >= 4 is 23.2 Å². The van der Waals surface area contributed by atoms with Crippen LogP contribution in [0.4, 0.5) is 5.69 Å². The van der Waals surface area contributed by atoms with E-state index in [4.69, 9.17) is 16.3 Å².